The summed E-state index contributed by atoms with van der Waals surface area (Å²) >= 11 is 0. The second kappa shape index (κ2) is 8.24. The summed E-state index contributed by atoms with van der Waals surface area (Å²) in [5, 5.41) is 8.75. The van der Waals surface area contributed by atoms with E-state index in [2.05, 4.69) is 0 Å². The molecule has 1 amide bonds. The van der Waals surface area contributed by atoms with E-state index >= 15 is 0 Å². The van der Waals surface area contributed by atoms with Gasteiger partial charge in [0.2, 0.25) is 0 Å². The van der Waals surface area contributed by atoms with Crippen LogP contribution in [-0.4, -0.2) is 41.6 Å². The second-order valence-corrected chi connectivity index (χ2v) is 6.24. The minimum Gasteiger partial charge on any atom is -0.490 e. The highest BCUT2D eigenvalue weighted by molar-refractivity contribution is 5.95. The fourth-order valence-corrected chi connectivity index (χ4v) is 3.12. The van der Waals surface area contributed by atoms with Gasteiger partial charge in [0.05, 0.1) is 6.61 Å². The van der Waals surface area contributed by atoms with E-state index in [0.29, 0.717) is 12.2 Å². The molecule has 6 nitrogen and oxygen atoms in total. The Hall–Kier alpha value is -3.16. The molecule has 0 aromatic heterocycles. The first-order valence-corrected chi connectivity index (χ1v) is 8.77. The third-order valence-corrected chi connectivity index (χ3v) is 4.43. The van der Waals surface area contributed by atoms with Gasteiger partial charge in [-0.1, -0.05) is 0 Å². The van der Waals surface area contributed by atoms with Gasteiger partial charge in [-0.25, -0.2) is 13.6 Å². The first-order valence-electron chi connectivity index (χ1n) is 8.77. The van der Waals surface area contributed by atoms with E-state index in [4.69, 9.17) is 14.6 Å². The van der Waals surface area contributed by atoms with E-state index in [0.717, 1.165) is 12.1 Å². The molecule has 1 aliphatic rings. The average Bonchev–Trinajstić information content (AvgIpc) is 2.69. The maximum atomic E-state index is 14.1. The van der Waals surface area contributed by atoms with Crippen LogP contribution in [0, 0.1) is 11.6 Å². The van der Waals surface area contributed by atoms with Gasteiger partial charge in [0.1, 0.15) is 11.6 Å². The molecule has 0 radical (unpaired) electrons. The van der Waals surface area contributed by atoms with Gasteiger partial charge in [0, 0.05) is 24.2 Å². The highest BCUT2D eigenvalue weighted by Crippen LogP contribution is 2.30. The average molecular weight is 391 g/mol. The van der Waals surface area contributed by atoms with E-state index in [-0.39, 0.29) is 48.0 Å². The molecule has 0 aliphatic carbocycles. The number of ether oxygens (including phenoxy) is 2. The van der Waals surface area contributed by atoms with Crippen molar-refractivity contribution in [2.45, 2.75) is 19.9 Å². The van der Waals surface area contributed by atoms with E-state index in [9.17, 15) is 18.4 Å². The maximum absolute atomic E-state index is 14.1. The lowest BCUT2D eigenvalue weighted by Gasteiger charge is -2.29. The van der Waals surface area contributed by atoms with Gasteiger partial charge in [-0.05, 0) is 49.2 Å². The van der Waals surface area contributed by atoms with Crippen molar-refractivity contribution in [1.29, 1.82) is 0 Å². The van der Waals surface area contributed by atoms with Crippen molar-refractivity contribution in [3.63, 3.8) is 0 Å². The van der Waals surface area contributed by atoms with Crippen molar-refractivity contribution >= 4 is 11.9 Å². The molecule has 148 valence electrons. The van der Waals surface area contributed by atoms with Gasteiger partial charge in [-0.2, -0.15) is 0 Å². The molecule has 0 spiro atoms. The number of benzene rings is 2. The van der Waals surface area contributed by atoms with Crippen LogP contribution in [0.1, 0.15) is 28.4 Å². The van der Waals surface area contributed by atoms with Crippen molar-refractivity contribution in [2.75, 3.05) is 19.8 Å². The Balaban J connectivity index is 1.83. The largest absolute Gasteiger partial charge is 0.490 e. The maximum Gasteiger partial charge on any atom is 0.341 e. The fraction of sp³-hybridized carbons (Fsp3) is 0.300. The summed E-state index contributed by atoms with van der Waals surface area (Å²) in [5.74, 6) is -2.06. The number of carbonyl (C=O) groups is 2. The Morgan fingerprint density at radius 3 is 2.46 bits per heavy atom. The summed E-state index contributed by atoms with van der Waals surface area (Å²) < 4.78 is 38.5. The standard InChI is InChI=1S/C20H19F2NO5/c1-2-27-18-9-12(3-6-17(18)28-11-19(24)25)20(26)23-8-7-13-14(10-23)16(22)5-4-15(13)21/h3-6,9H,2,7-8,10-11H2,1H3,(H,24,25). The van der Waals surface area contributed by atoms with Crippen LogP contribution in [-0.2, 0) is 17.8 Å². The highest BCUT2D eigenvalue weighted by Gasteiger charge is 2.26. The number of hydrogen-bond donors (Lipinski definition) is 1. The number of carbonyl (C=O) groups excluding carboxylic acids is 1. The number of carboxylic acid groups (broad SMARTS) is 1. The van der Waals surface area contributed by atoms with Crippen LogP contribution in [0.5, 0.6) is 11.5 Å². The van der Waals surface area contributed by atoms with Gasteiger partial charge in [0.15, 0.2) is 18.1 Å². The third-order valence-electron chi connectivity index (χ3n) is 4.43. The van der Waals surface area contributed by atoms with Crippen molar-refractivity contribution in [3.8, 4) is 11.5 Å². The molecule has 2 aromatic rings. The number of aliphatic carboxylic acids is 1. The monoisotopic (exact) mass is 391 g/mol. The summed E-state index contributed by atoms with van der Waals surface area (Å²) in [6.45, 7) is 1.73. The molecule has 1 heterocycles. The molecular formula is C20H19F2NO5. The zero-order valence-corrected chi connectivity index (χ0v) is 15.2. The van der Waals surface area contributed by atoms with Crippen LogP contribution >= 0.6 is 0 Å². The van der Waals surface area contributed by atoms with Gasteiger partial charge < -0.3 is 19.5 Å². The number of amides is 1. The first kappa shape index (κ1) is 19.6. The van der Waals surface area contributed by atoms with Crippen molar-refractivity contribution < 1.29 is 33.0 Å². The predicted molar refractivity (Wildman–Crippen MR) is 95.5 cm³/mol. The number of hydrogen-bond acceptors (Lipinski definition) is 4. The molecule has 0 atom stereocenters. The van der Waals surface area contributed by atoms with Crippen LogP contribution in [0.15, 0.2) is 30.3 Å². The molecule has 0 saturated heterocycles. The fourth-order valence-electron chi connectivity index (χ4n) is 3.12. The van der Waals surface area contributed by atoms with Crippen LogP contribution in [0.3, 0.4) is 0 Å². The molecule has 2 aromatic carbocycles. The zero-order chi connectivity index (χ0) is 20.3. The number of halogens is 2. The predicted octanol–water partition coefficient (Wildman–Crippen LogP) is 3.03. The minimum absolute atomic E-state index is 0.0288. The lowest BCUT2D eigenvalue weighted by molar-refractivity contribution is -0.139. The lowest BCUT2D eigenvalue weighted by Crippen LogP contribution is -2.36. The summed E-state index contributed by atoms with van der Waals surface area (Å²) in [4.78, 5) is 25.0. The van der Waals surface area contributed by atoms with Crippen LogP contribution in [0.4, 0.5) is 8.78 Å². The quantitative estimate of drug-likeness (QED) is 0.819. The highest BCUT2D eigenvalue weighted by atomic mass is 19.1. The topological polar surface area (TPSA) is 76.1 Å². The number of nitrogens with zero attached hydrogens (tertiary/aromatic N) is 1. The molecular weight excluding hydrogens is 372 g/mol. The Bertz CT molecular complexity index is 916. The SMILES string of the molecule is CCOc1cc(C(=O)N2CCc3c(F)ccc(F)c3C2)ccc1OCC(=O)O. The summed E-state index contributed by atoms with van der Waals surface area (Å²) in [5.41, 5.74) is 0.772. The summed E-state index contributed by atoms with van der Waals surface area (Å²) in [7, 11) is 0. The van der Waals surface area contributed by atoms with E-state index in [1.54, 1.807) is 6.92 Å². The van der Waals surface area contributed by atoms with Gasteiger partial charge in [-0.15, -0.1) is 0 Å². The Labute approximate surface area is 160 Å². The van der Waals surface area contributed by atoms with Crippen molar-refractivity contribution in [1.82, 2.24) is 4.90 Å². The lowest BCUT2D eigenvalue weighted by atomic mass is 9.98. The third kappa shape index (κ3) is 4.05. The van der Waals surface area contributed by atoms with Gasteiger partial charge >= 0.3 is 5.97 Å². The van der Waals surface area contributed by atoms with Crippen molar-refractivity contribution in [3.05, 3.63) is 58.7 Å². The smallest absolute Gasteiger partial charge is 0.341 e. The Morgan fingerprint density at radius 2 is 1.79 bits per heavy atom. The minimum atomic E-state index is -1.14. The van der Waals surface area contributed by atoms with Crippen LogP contribution in [0.2, 0.25) is 0 Å². The Kier molecular flexibility index (Phi) is 5.77. The van der Waals surface area contributed by atoms with E-state index in [1.165, 1.54) is 23.1 Å². The number of carboxylic acids is 1. The van der Waals surface area contributed by atoms with Crippen LogP contribution < -0.4 is 9.47 Å². The Morgan fingerprint density at radius 1 is 1.07 bits per heavy atom. The van der Waals surface area contributed by atoms with Crippen LogP contribution in [0.25, 0.3) is 0 Å². The van der Waals surface area contributed by atoms with Gasteiger partial charge in [-0.3, -0.25) is 4.79 Å². The number of rotatable bonds is 6. The van der Waals surface area contributed by atoms with Crippen molar-refractivity contribution in [2.24, 2.45) is 0 Å². The molecule has 0 bridgehead atoms. The molecule has 0 fully saturated rings. The van der Waals surface area contributed by atoms with E-state index < -0.39 is 24.2 Å². The first-order chi connectivity index (χ1) is 13.4. The molecule has 0 saturated carbocycles. The molecule has 1 aliphatic heterocycles. The summed E-state index contributed by atoms with van der Waals surface area (Å²) in [6.07, 6.45) is 0.225. The van der Waals surface area contributed by atoms with Gasteiger partial charge in [0.25, 0.3) is 5.91 Å². The molecule has 1 N–H and O–H groups in total. The number of fused-ring (bicyclic) bond motifs is 1. The normalized spacial score (nSPS) is 13.0. The molecule has 3 rings (SSSR count). The molecule has 28 heavy (non-hydrogen) atoms. The molecule has 0 unspecified atom stereocenters. The summed E-state index contributed by atoms with van der Waals surface area (Å²) in [6, 6.07) is 6.55. The van der Waals surface area contributed by atoms with E-state index in [1.807, 2.05) is 0 Å². The second-order valence-electron chi connectivity index (χ2n) is 6.24. The zero-order valence-electron chi connectivity index (χ0n) is 15.2. The molecule has 8 heteroatoms.